The summed E-state index contributed by atoms with van der Waals surface area (Å²) in [5, 5.41) is 8.96. The van der Waals surface area contributed by atoms with E-state index in [-0.39, 0.29) is 12.5 Å². The second-order valence-electron chi connectivity index (χ2n) is 5.59. The quantitative estimate of drug-likeness (QED) is 0.401. The maximum atomic E-state index is 12.1. The van der Waals surface area contributed by atoms with Crippen LogP contribution in [0, 0.1) is 12.3 Å². The number of aliphatic imine (C=N–C) groups is 1. The fourth-order valence-electron chi connectivity index (χ4n) is 2.40. The van der Waals surface area contributed by atoms with Crippen LogP contribution in [0.15, 0.2) is 53.5 Å². The molecular formula is C21H24N4O2. The molecule has 140 valence electrons. The molecule has 0 unspecified atom stereocenters. The standard InChI is InChI=1S/C21H24N4O2/c1-4-16-9-8-11-18(13-16)25-20(26)15-24-21(22-3)23-14-17-10-6-7-12-19(17)27-5-2/h1,6-13H,5,14-15H2,2-3H3,(H,25,26)(H2,22,23,24). The number of benzene rings is 2. The maximum absolute atomic E-state index is 12.1. The third-order valence-corrected chi connectivity index (χ3v) is 3.67. The van der Waals surface area contributed by atoms with Gasteiger partial charge in [0, 0.05) is 30.4 Å². The predicted molar refractivity (Wildman–Crippen MR) is 109 cm³/mol. The summed E-state index contributed by atoms with van der Waals surface area (Å²) in [6, 6.07) is 14.9. The summed E-state index contributed by atoms with van der Waals surface area (Å²) < 4.78 is 5.61. The number of anilines is 1. The molecule has 3 N–H and O–H groups in total. The van der Waals surface area contributed by atoms with Gasteiger partial charge in [0.1, 0.15) is 5.75 Å². The van der Waals surface area contributed by atoms with Crippen LogP contribution in [0.1, 0.15) is 18.1 Å². The van der Waals surface area contributed by atoms with Gasteiger partial charge in [0.15, 0.2) is 5.96 Å². The second kappa shape index (κ2) is 10.5. The van der Waals surface area contributed by atoms with Gasteiger partial charge in [-0.25, -0.2) is 0 Å². The summed E-state index contributed by atoms with van der Waals surface area (Å²) in [7, 11) is 1.65. The molecule has 27 heavy (non-hydrogen) atoms. The number of carbonyl (C=O) groups excluding carboxylic acids is 1. The Labute approximate surface area is 160 Å². The van der Waals surface area contributed by atoms with Crippen LogP contribution in [0.4, 0.5) is 5.69 Å². The van der Waals surface area contributed by atoms with Crippen molar-refractivity contribution in [1.82, 2.24) is 10.6 Å². The predicted octanol–water partition coefficient (Wildman–Crippen LogP) is 2.37. The monoisotopic (exact) mass is 364 g/mol. The summed E-state index contributed by atoms with van der Waals surface area (Å²) in [6.45, 7) is 3.16. The van der Waals surface area contributed by atoms with Crippen LogP contribution in [0.2, 0.25) is 0 Å². The zero-order chi connectivity index (χ0) is 19.5. The number of hydrogen-bond donors (Lipinski definition) is 3. The Morgan fingerprint density at radius 1 is 1.19 bits per heavy atom. The average molecular weight is 364 g/mol. The van der Waals surface area contributed by atoms with Crippen molar-refractivity contribution in [3.05, 3.63) is 59.7 Å². The van der Waals surface area contributed by atoms with Crippen LogP contribution in [0.3, 0.4) is 0 Å². The van der Waals surface area contributed by atoms with Gasteiger partial charge in [0.25, 0.3) is 0 Å². The van der Waals surface area contributed by atoms with Crippen molar-refractivity contribution in [1.29, 1.82) is 0 Å². The Bertz CT molecular complexity index is 840. The fourth-order valence-corrected chi connectivity index (χ4v) is 2.40. The third kappa shape index (κ3) is 6.40. The number of terminal acetylenes is 1. The van der Waals surface area contributed by atoms with Crippen molar-refractivity contribution in [2.75, 3.05) is 25.5 Å². The van der Waals surface area contributed by atoms with Gasteiger partial charge in [-0.1, -0.05) is 30.2 Å². The van der Waals surface area contributed by atoms with Crippen molar-refractivity contribution < 1.29 is 9.53 Å². The molecule has 0 fully saturated rings. The lowest BCUT2D eigenvalue weighted by Crippen LogP contribution is -2.41. The molecule has 0 bridgehead atoms. The van der Waals surface area contributed by atoms with Crippen molar-refractivity contribution >= 4 is 17.6 Å². The van der Waals surface area contributed by atoms with Gasteiger partial charge in [-0.05, 0) is 31.2 Å². The van der Waals surface area contributed by atoms with Crippen molar-refractivity contribution in [2.24, 2.45) is 4.99 Å². The average Bonchev–Trinajstić information content (AvgIpc) is 2.69. The largest absolute Gasteiger partial charge is 0.494 e. The van der Waals surface area contributed by atoms with Crippen molar-refractivity contribution in [3.8, 4) is 18.1 Å². The number of guanidine groups is 1. The zero-order valence-corrected chi connectivity index (χ0v) is 15.6. The Morgan fingerprint density at radius 2 is 2.00 bits per heavy atom. The second-order valence-corrected chi connectivity index (χ2v) is 5.59. The van der Waals surface area contributed by atoms with E-state index in [0.29, 0.717) is 30.4 Å². The van der Waals surface area contributed by atoms with Gasteiger partial charge in [-0.3, -0.25) is 9.79 Å². The number of rotatable bonds is 7. The van der Waals surface area contributed by atoms with Crippen LogP contribution in [0.25, 0.3) is 0 Å². The van der Waals surface area contributed by atoms with Crippen LogP contribution >= 0.6 is 0 Å². The van der Waals surface area contributed by atoms with Gasteiger partial charge in [0.2, 0.25) is 5.91 Å². The highest BCUT2D eigenvalue weighted by Gasteiger charge is 2.07. The first kappa shape index (κ1) is 19.9. The van der Waals surface area contributed by atoms with Crippen molar-refractivity contribution in [3.63, 3.8) is 0 Å². The van der Waals surface area contributed by atoms with E-state index in [1.165, 1.54) is 0 Å². The van der Waals surface area contributed by atoms with E-state index in [0.717, 1.165) is 11.3 Å². The first-order valence-electron chi connectivity index (χ1n) is 8.68. The van der Waals surface area contributed by atoms with Crippen LogP contribution in [-0.2, 0) is 11.3 Å². The molecule has 0 aliphatic rings. The molecule has 0 heterocycles. The lowest BCUT2D eigenvalue weighted by Gasteiger charge is -2.14. The van der Waals surface area contributed by atoms with Crippen molar-refractivity contribution in [2.45, 2.75) is 13.5 Å². The molecule has 6 heteroatoms. The molecule has 0 saturated heterocycles. The lowest BCUT2D eigenvalue weighted by molar-refractivity contribution is -0.115. The number of carbonyl (C=O) groups is 1. The molecular weight excluding hydrogens is 340 g/mol. The Hall–Kier alpha value is -3.46. The van der Waals surface area contributed by atoms with E-state index in [1.807, 2.05) is 31.2 Å². The van der Waals surface area contributed by atoms with Crippen LogP contribution < -0.4 is 20.7 Å². The number of hydrogen-bond acceptors (Lipinski definition) is 3. The van der Waals surface area contributed by atoms with Gasteiger partial charge in [-0.15, -0.1) is 6.42 Å². The Morgan fingerprint density at radius 3 is 2.74 bits per heavy atom. The number of nitrogens with one attached hydrogen (secondary N) is 3. The van der Waals surface area contributed by atoms with E-state index in [4.69, 9.17) is 11.2 Å². The van der Waals surface area contributed by atoms with E-state index >= 15 is 0 Å². The summed E-state index contributed by atoms with van der Waals surface area (Å²) in [4.78, 5) is 16.3. The number of nitrogens with zero attached hydrogens (tertiary/aromatic N) is 1. The van der Waals surface area contributed by atoms with Gasteiger partial charge < -0.3 is 20.7 Å². The highest BCUT2D eigenvalue weighted by molar-refractivity contribution is 5.95. The molecule has 0 aromatic heterocycles. The molecule has 1 amide bonds. The van der Waals surface area contributed by atoms with E-state index in [1.54, 1.807) is 31.3 Å². The molecule has 0 radical (unpaired) electrons. The molecule has 6 nitrogen and oxygen atoms in total. The highest BCUT2D eigenvalue weighted by atomic mass is 16.5. The molecule has 0 aliphatic carbocycles. The summed E-state index contributed by atoms with van der Waals surface area (Å²) in [5.74, 6) is 3.70. The smallest absolute Gasteiger partial charge is 0.243 e. The Balaban J connectivity index is 1.85. The van der Waals surface area contributed by atoms with E-state index in [2.05, 4.69) is 26.9 Å². The first-order valence-corrected chi connectivity index (χ1v) is 8.68. The molecule has 0 atom stereocenters. The van der Waals surface area contributed by atoms with Gasteiger partial charge in [-0.2, -0.15) is 0 Å². The summed E-state index contributed by atoms with van der Waals surface area (Å²) >= 11 is 0. The van der Waals surface area contributed by atoms with Gasteiger partial charge in [0.05, 0.1) is 13.2 Å². The normalized spacial score (nSPS) is 10.6. The van der Waals surface area contributed by atoms with E-state index in [9.17, 15) is 4.79 Å². The summed E-state index contributed by atoms with van der Waals surface area (Å²) in [6.07, 6.45) is 5.37. The molecule has 0 spiro atoms. The fraction of sp³-hybridized carbons (Fsp3) is 0.238. The Kier molecular flexibility index (Phi) is 7.73. The topological polar surface area (TPSA) is 74.8 Å². The third-order valence-electron chi connectivity index (χ3n) is 3.67. The van der Waals surface area contributed by atoms with Gasteiger partial charge >= 0.3 is 0 Å². The lowest BCUT2D eigenvalue weighted by atomic mass is 10.2. The van der Waals surface area contributed by atoms with E-state index < -0.39 is 0 Å². The minimum atomic E-state index is -0.193. The first-order chi connectivity index (χ1) is 13.2. The molecule has 0 aliphatic heterocycles. The maximum Gasteiger partial charge on any atom is 0.243 e. The highest BCUT2D eigenvalue weighted by Crippen LogP contribution is 2.17. The van der Waals surface area contributed by atoms with Crippen LogP contribution in [-0.4, -0.2) is 32.1 Å². The zero-order valence-electron chi connectivity index (χ0n) is 15.6. The molecule has 0 saturated carbocycles. The van der Waals surface area contributed by atoms with Crippen LogP contribution in [0.5, 0.6) is 5.75 Å². The summed E-state index contributed by atoms with van der Waals surface area (Å²) in [5.41, 5.74) is 2.38. The molecule has 2 aromatic carbocycles. The SMILES string of the molecule is C#Cc1cccc(NC(=O)CNC(=NC)NCc2ccccc2OCC)c1. The number of amides is 1. The number of para-hydroxylation sites is 1. The molecule has 2 aromatic rings. The molecule has 2 rings (SSSR count). The number of ether oxygens (including phenoxy) is 1. The minimum absolute atomic E-state index is 0.0764. The minimum Gasteiger partial charge on any atom is -0.494 e.